The van der Waals surface area contributed by atoms with Gasteiger partial charge < -0.3 is 5.73 Å². The first-order chi connectivity index (χ1) is 5.94. The zero-order valence-electron chi connectivity index (χ0n) is 7.58. The van der Waals surface area contributed by atoms with Crippen LogP contribution in [0.25, 0.3) is 0 Å². The maximum Gasteiger partial charge on any atom is 0.164 e. The highest BCUT2D eigenvalue weighted by Crippen LogP contribution is 2.20. The molecule has 13 heavy (non-hydrogen) atoms. The minimum absolute atomic E-state index is 0.301. The highest BCUT2D eigenvalue weighted by atomic mass is 35.5. The summed E-state index contributed by atoms with van der Waals surface area (Å²) >= 11 is 5.71. The third kappa shape index (κ3) is 2.36. The van der Waals surface area contributed by atoms with Crippen LogP contribution in [-0.2, 0) is 6.54 Å². The SMILES string of the molecule is CC(C)(C#N)Cn1cc(Cl)c(N)n1. The Kier molecular flexibility index (Phi) is 2.48. The van der Waals surface area contributed by atoms with Crippen molar-refractivity contribution in [1.82, 2.24) is 9.78 Å². The molecule has 0 spiro atoms. The van der Waals surface area contributed by atoms with E-state index < -0.39 is 5.41 Å². The van der Waals surface area contributed by atoms with Gasteiger partial charge in [-0.05, 0) is 13.8 Å². The molecule has 0 amide bonds. The predicted molar refractivity (Wildman–Crippen MR) is 51.0 cm³/mol. The monoisotopic (exact) mass is 198 g/mol. The van der Waals surface area contributed by atoms with E-state index in [0.29, 0.717) is 17.4 Å². The van der Waals surface area contributed by atoms with Gasteiger partial charge in [0.2, 0.25) is 0 Å². The van der Waals surface area contributed by atoms with E-state index in [1.165, 1.54) is 0 Å². The van der Waals surface area contributed by atoms with E-state index in [1.54, 1.807) is 10.9 Å². The number of nitrogens with two attached hydrogens (primary N) is 1. The first-order valence-electron chi connectivity index (χ1n) is 3.84. The van der Waals surface area contributed by atoms with Gasteiger partial charge >= 0.3 is 0 Å². The van der Waals surface area contributed by atoms with Crippen molar-refractivity contribution < 1.29 is 0 Å². The predicted octanol–water partition coefficient (Wildman–Crippen LogP) is 1.67. The lowest BCUT2D eigenvalue weighted by atomic mass is 9.96. The van der Waals surface area contributed by atoms with Gasteiger partial charge in [0.1, 0.15) is 5.02 Å². The summed E-state index contributed by atoms with van der Waals surface area (Å²) in [7, 11) is 0. The molecular formula is C8H11ClN4. The van der Waals surface area contributed by atoms with Crippen LogP contribution in [-0.4, -0.2) is 9.78 Å². The maximum atomic E-state index is 8.78. The van der Waals surface area contributed by atoms with Crippen molar-refractivity contribution >= 4 is 17.4 Å². The molecule has 4 nitrogen and oxygen atoms in total. The smallest absolute Gasteiger partial charge is 0.164 e. The summed E-state index contributed by atoms with van der Waals surface area (Å²) in [6.07, 6.45) is 1.62. The molecule has 0 saturated carbocycles. The Morgan fingerprint density at radius 2 is 2.38 bits per heavy atom. The maximum absolute atomic E-state index is 8.78. The molecular weight excluding hydrogens is 188 g/mol. The number of hydrogen-bond donors (Lipinski definition) is 1. The van der Waals surface area contributed by atoms with Crippen LogP contribution in [0.3, 0.4) is 0 Å². The summed E-state index contributed by atoms with van der Waals surface area (Å²) in [6, 6.07) is 2.17. The lowest BCUT2D eigenvalue weighted by Crippen LogP contribution is -2.17. The fourth-order valence-electron chi connectivity index (χ4n) is 0.933. The summed E-state index contributed by atoms with van der Waals surface area (Å²) in [5.41, 5.74) is 5.00. The van der Waals surface area contributed by atoms with E-state index in [0.717, 1.165) is 0 Å². The van der Waals surface area contributed by atoms with Crippen molar-refractivity contribution in [1.29, 1.82) is 5.26 Å². The standard InChI is InChI=1S/C8H11ClN4/c1-8(2,4-10)5-13-3-6(9)7(11)12-13/h3H,5H2,1-2H3,(H2,11,12). The number of halogens is 1. The second kappa shape index (κ2) is 3.27. The van der Waals surface area contributed by atoms with Gasteiger partial charge in [-0.25, -0.2) is 0 Å². The van der Waals surface area contributed by atoms with Crippen molar-refractivity contribution in [2.45, 2.75) is 20.4 Å². The van der Waals surface area contributed by atoms with E-state index in [2.05, 4.69) is 11.2 Å². The number of anilines is 1. The van der Waals surface area contributed by atoms with Crippen molar-refractivity contribution in [2.24, 2.45) is 5.41 Å². The minimum atomic E-state index is -0.457. The van der Waals surface area contributed by atoms with Gasteiger partial charge in [0.15, 0.2) is 5.82 Å². The first-order valence-corrected chi connectivity index (χ1v) is 4.22. The van der Waals surface area contributed by atoms with E-state index >= 15 is 0 Å². The lowest BCUT2D eigenvalue weighted by molar-refractivity contribution is 0.385. The summed E-state index contributed by atoms with van der Waals surface area (Å²) < 4.78 is 1.58. The molecule has 0 saturated heterocycles. The summed E-state index contributed by atoms with van der Waals surface area (Å²) in [5.74, 6) is 0.301. The fraction of sp³-hybridized carbons (Fsp3) is 0.500. The highest BCUT2D eigenvalue weighted by molar-refractivity contribution is 6.32. The molecule has 5 heteroatoms. The van der Waals surface area contributed by atoms with E-state index in [9.17, 15) is 0 Å². The zero-order valence-corrected chi connectivity index (χ0v) is 8.34. The van der Waals surface area contributed by atoms with Crippen LogP contribution in [0.5, 0.6) is 0 Å². The lowest BCUT2D eigenvalue weighted by Gasteiger charge is -2.14. The Bertz CT molecular complexity index is 328. The number of nitriles is 1. The van der Waals surface area contributed by atoms with Gasteiger partial charge in [0.25, 0.3) is 0 Å². The third-order valence-corrected chi connectivity index (χ3v) is 1.89. The molecule has 2 N–H and O–H groups in total. The molecule has 1 heterocycles. The molecule has 70 valence electrons. The second-order valence-electron chi connectivity index (χ2n) is 3.56. The summed E-state index contributed by atoms with van der Waals surface area (Å²) in [4.78, 5) is 0. The molecule has 0 fully saturated rings. The van der Waals surface area contributed by atoms with Crippen LogP contribution >= 0.6 is 11.6 Å². The number of rotatable bonds is 2. The van der Waals surface area contributed by atoms with Crippen LogP contribution in [0.1, 0.15) is 13.8 Å². The van der Waals surface area contributed by atoms with E-state index in [1.807, 2.05) is 13.8 Å². The number of aromatic nitrogens is 2. The van der Waals surface area contributed by atoms with Crippen LogP contribution in [0.2, 0.25) is 5.02 Å². The third-order valence-electron chi connectivity index (χ3n) is 1.60. The fourth-order valence-corrected chi connectivity index (χ4v) is 1.08. The van der Waals surface area contributed by atoms with Crippen LogP contribution in [0, 0.1) is 16.7 Å². The number of hydrogen-bond acceptors (Lipinski definition) is 3. The molecule has 0 aromatic carbocycles. The first kappa shape index (κ1) is 9.87. The molecule has 1 aromatic rings. The largest absolute Gasteiger partial charge is 0.381 e. The molecule has 0 unspecified atom stereocenters. The Labute approximate surface area is 81.9 Å². The molecule has 1 aromatic heterocycles. The molecule has 1 rings (SSSR count). The topological polar surface area (TPSA) is 67.6 Å². The Morgan fingerprint density at radius 3 is 2.77 bits per heavy atom. The van der Waals surface area contributed by atoms with Crippen LogP contribution in [0.15, 0.2) is 6.20 Å². The molecule has 0 aliphatic rings. The van der Waals surface area contributed by atoms with Crippen molar-refractivity contribution in [3.05, 3.63) is 11.2 Å². The normalized spacial score (nSPS) is 11.2. The molecule has 0 aliphatic heterocycles. The van der Waals surface area contributed by atoms with Crippen molar-refractivity contribution in [3.63, 3.8) is 0 Å². The molecule has 0 radical (unpaired) electrons. The van der Waals surface area contributed by atoms with Gasteiger partial charge in [-0.2, -0.15) is 10.4 Å². The van der Waals surface area contributed by atoms with Gasteiger partial charge in [-0.1, -0.05) is 11.6 Å². The summed E-state index contributed by atoms with van der Waals surface area (Å²) in [6.45, 7) is 4.15. The minimum Gasteiger partial charge on any atom is -0.381 e. The zero-order chi connectivity index (χ0) is 10.1. The van der Waals surface area contributed by atoms with E-state index in [4.69, 9.17) is 22.6 Å². The van der Waals surface area contributed by atoms with E-state index in [-0.39, 0.29) is 0 Å². The van der Waals surface area contributed by atoms with Crippen molar-refractivity contribution in [2.75, 3.05) is 5.73 Å². The Morgan fingerprint density at radius 1 is 1.77 bits per heavy atom. The van der Waals surface area contributed by atoms with Crippen LogP contribution in [0.4, 0.5) is 5.82 Å². The summed E-state index contributed by atoms with van der Waals surface area (Å²) in [5, 5.41) is 13.2. The van der Waals surface area contributed by atoms with Gasteiger partial charge in [0.05, 0.1) is 18.0 Å². The highest BCUT2D eigenvalue weighted by Gasteiger charge is 2.18. The van der Waals surface area contributed by atoms with Gasteiger partial charge in [-0.3, -0.25) is 4.68 Å². The Balaban J connectivity index is 2.82. The molecule has 0 atom stereocenters. The molecule has 0 bridgehead atoms. The number of nitrogens with zero attached hydrogens (tertiary/aromatic N) is 3. The van der Waals surface area contributed by atoms with Crippen LogP contribution < -0.4 is 5.73 Å². The van der Waals surface area contributed by atoms with Crippen molar-refractivity contribution in [3.8, 4) is 6.07 Å². The molecule has 0 aliphatic carbocycles. The van der Waals surface area contributed by atoms with Gasteiger partial charge in [0, 0.05) is 6.20 Å². The average Bonchev–Trinajstić information content (AvgIpc) is 2.30. The Hall–Kier alpha value is -1.21. The second-order valence-corrected chi connectivity index (χ2v) is 3.96. The number of nitrogen functional groups attached to an aromatic ring is 1. The van der Waals surface area contributed by atoms with Gasteiger partial charge in [-0.15, -0.1) is 0 Å². The average molecular weight is 199 g/mol. The quantitative estimate of drug-likeness (QED) is 0.786.